The number of aromatic hydroxyl groups is 1. The third kappa shape index (κ3) is 1.64. The van der Waals surface area contributed by atoms with Crippen LogP contribution < -0.4 is 10.6 Å². The predicted molar refractivity (Wildman–Crippen MR) is 84.2 cm³/mol. The third-order valence-electron chi connectivity index (χ3n) is 3.91. The molecule has 0 spiro atoms. The Morgan fingerprint density at radius 2 is 1.82 bits per heavy atom. The number of rotatable bonds is 2. The van der Waals surface area contributed by atoms with E-state index in [1.165, 1.54) is 0 Å². The highest BCUT2D eigenvalue weighted by molar-refractivity contribution is 6.23. The molecule has 0 saturated carbocycles. The molecule has 3 aromatic rings. The Morgan fingerprint density at radius 1 is 1.09 bits per heavy atom. The Balaban J connectivity index is 2.19. The van der Waals surface area contributed by atoms with Gasteiger partial charge in [-0.25, -0.2) is 4.99 Å². The van der Waals surface area contributed by atoms with Crippen molar-refractivity contribution in [3.8, 4) is 5.75 Å². The number of hydrogen-bond donors (Lipinski definition) is 1. The molecule has 1 aromatic heterocycles. The van der Waals surface area contributed by atoms with E-state index >= 15 is 0 Å². The lowest BCUT2D eigenvalue weighted by Gasteiger charge is -2.06. The number of carbonyl (C=O) groups excluding carboxylic acids is 1. The van der Waals surface area contributed by atoms with Crippen molar-refractivity contribution >= 4 is 34.0 Å². The van der Waals surface area contributed by atoms with E-state index in [2.05, 4.69) is 4.99 Å². The topological polar surface area (TPSA) is 54.6 Å². The number of amides is 1. The number of fused-ring (bicyclic) bond motifs is 2. The first kappa shape index (κ1) is 13.1. The molecule has 0 atom stereocenters. The van der Waals surface area contributed by atoms with Crippen LogP contribution in [0.15, 0.2) is 53.5 Å². The Hall–Kier alpha value is -2.59. The van der Waals surface area contributed by atoms with Crippen LogP contribution in [-0.4, -0.2) is 15.6 Å². The van der Waals surface area contributed by atoms with Crippen LogP contribution in [-0.2, 0) is 10.8 Å². The zero-order chi connectivity index (χ0) is 15.3. The molecule has 0 fully saturated rings. The van der Waals surface area contributed by atoms with Crippen LogP contribution in [0, 0.1) is 0 Å². The summed E-state index contributed by atoms with van der Waals surface area (Å²) in [6.45, 7) is 0. The number of hydrogen-bond acceptors (Lipinski definition) is 2. The number of nitrogens with zero attached hydrogens (tertiary/aromatic N) is 2. The molecule has 2 heterocycles. The molecule has 1 aliphatic rings. The van der Waals surface area contributed by atoms with E-state index in [0.717, 1.165) is 10.7 Å². The molecule has 0 saturated heterocycles. The van der Waals surface area contributed by atoms with Gasteiger partial charge in [0.05, 0.1) is 28.1 Å². The van der Waals surface area contributed by atoms with Gasteiger partial charge >= 0.3 is 0 Å². The second-order valence-corrected chi connectivity index (χ2v) is 5.31. The van der Waals surface area contributed by atoms with Crippen LogP contribution in [0.25, 0.3) is 16.5 Å². The second kappa shape index (κ2) is 4.71. The molecule has 1 aliphatic heterocycles. The van der Waals surface area contributed by atoms with Crippen LogP contribution in [0.3, 0.4) is 0 Å². The van der Waals surface area contributed by atoms with E-state index in [1.54, 1.807) is 16.7 Å². The fourth-order valence-corrected chi connectivity index (χ4v) is 3.20. The molecule has 0 unspecified atom stereocenters. The molecule has 0 aliphatic carbocycles. The van der Waals surface area contributed by atoms with Gasteiger partial charge in [0.15, 0.2) is 0 Å². The zero-order valence-corrected chi connectivity index (χ0v) is 12.2. The van der Waals surface area contributed by atoms with Crippen molar-refractivity contribution in [2.75, 3.05) is 0 Å². The molecule has 1 amide bonds. The SMILES string of the molecule is O=C1N=c2ccccc2=C1c1c(O)c2ccccc2n1CCl. The fraction of sp³-hybridized carbons (Fsp3) is 0.0588. The maximum absolute atomic E-state index is 12.4. The molecule has 22 heavy (non-hydrogen) atoms. The second-order valence-electron chi connectivity index (χ2n) is 5.07. The van der Waals surface area contributed by atoms with Gasteiger partial charge in [0.2, 0.25) is 0 Å². The molecule has 4 rings (SSSR count). The quantitative estimate of drug-likeness (QED) is 0.735. The summed E-state index contributed by atoms with van der Waals surface area (Å²) in [7, 11) is 0. The van der Waals surface area contributed by atoms with E-state index in [9.17, 15) is 9.90 Å². The summed E-state index contributed by atoms with van der Waals surface area (Å²) in [5.74, 6) is -0.294. The fourth-order valence-electron chi connectivity index (χ4n) is 2.95. The van der Waals surface area contributed by atoms with Crippen LogP contribution >= 0.6 is 11.6 Å². The molecular weight excluding hydrogens is 300 g/mol. The van der Waals surface area contributed by atoms with Crippen molar-refractivity contribution < 1.29 is 9.90 Å². The highest BCUT2D eigenvalue weighted by Gasteiger charge is 2.26. The largest absolute Gasteiger partial charge is 0.505 e. The Bertz CT molecular complexity index is 1050. The summed E-state index contributed by atoms with van der Waals surface area (Å²) in [5.41, 5.74) is 1.61. The summed E-state index contributed by atoms with van der Waals surface area (Å²) >= 11 is 6.07. The molecule has 5 heteroatoms. The molecule has 108 valence electrons. The van der Waals surface area contributed by atoms with Crippen molar-refractivity contribution in [2.45, 2.75) is 6.00 Å². The van der Waals surface area contributed by atoms with Crippen molar-refractivity contribution in [2.24, 2.45) is 4.99 Å². The van der Waals surface area contributed by atoms with Crippen molar-refractivity contribution in [1.29, 1.82) is 0 Å². The van der Waals surface area contributed by atoms with Gasteiger partial charge in [0.1, 0.15) is 5.75 Å². The molecular formula is C17H11ClN2O2. The number of para-hydroxylation sites is 2. The van der Waals surface area contributed by atoms with Gasteiger partial charge in [0.25, 0.3) is 5.91 Å². The highest BCUT2D eigenvalue weighted by atomic mass is 35.5. The van der Waals surface area contributed by atoms with Gasteiger partial charge in [-0.15, -0.1) is 11.6 Å². The maximum Gasteiger partial charge on any atom is 0.280 e. The lowest BCUT2D eigenvalue weighted by Crippen LogP contribution is -2.23. The highest BCUT2D eigenvalue weighted by Crippen LogP contribution is 2.36. The molecule has 0 radical (unpaired) electrons. The van der Waals surface area contributed by atoms with Crippen molar-refractivity contribution in [3.63, 3.8) is 0 Å². The van der Waals surface area contributed by atoms with Gasteiger partial charge in [0, 0.05) is 10.6 Å². The Morgan fingerprint density at radius 3 is 2.64 bits per heavy atom. The lowest BCUT2D eigenvalue weighted by molar-refractivity contribution is -0.112. The number of halogens is 1. The van der Waals surface area contributed by atoms with Crippen LogP contribution in [0.1, 0.15) is 5.69 Å². The summed E-state index contributed by atoms with van der Waals surface area (Å²) in [6.07, 6.45) is 0. The third-order valence-corrected chi connectivity index (χ3v) is 4.15. The van der Waals surface area contributed by atoms with Gasteiger partial charge in [-0.1, -0.05) is 30.3 Å². The summed E-state index contributed by atoms with van der Waals surface area (Å²) in [5, 5.41) is 12.6. The smallest absolute Gasteiger partial charge is 0.280 e. The van der Waals surface area contributed by atoms with Crippen LogP contribution in [0.2, 0.25) is 0 Å². The van der Waals surface area contributed by atoms with E-state index in [1.807, 2.05) is 36.4 Å². The molecule has 1 N–H and O–H groups in total. The first-order chi connectivity index (χ1) is 10.7. The summed E-state index contributed by atoms with van der Waals surface area (Å²) in [4.78, 5) is 16.4. The lowest BCUT2D eigenvalue weighted by atomic mass is 10.1. The first-order valence-electron chi connectivity index (χ1n) is 6.81. The van der Waals surface area contributed by atoms with Gasteiger partial charge in [-0.05, 0) is 18.2 Å². The average Bonchev–Trinajstić information content (AvgIpc) is 3.01. The molecule has 4 nitrogen and oxygen atoms in total. The summed E-state index contributed by atoms with van der Waals surface area (Å²) < 4.78 is 1.73. The minimum absolute atomic E-state index is 0.0616. The van der Waals surface area contributed by atoms with E-state index in [4.69, 9.17) is 11.6 Å². The van der Waals surface area contributed by atoms with Crippen LogP contribution in [0.5, 0.6) is 5.75 Å². The average molecular weight is 311 g/mol. The number of benzene rings is 2. The van der Waals surface area contributed by atoms with Gasteiger partial charge in [-0.3, -0.25) is 4.79 Å². The number of aromatic nitrogens is 1. The van der Waals surface area contributed by atoms with E-state index in [-0.39, 0.29) is 17.7 Å². The maximum atomic E-state index is 12.4. The Kier molecular flexibility index (Phi) is 2.81. The first-order valence-corrected chi connectivity index (χ1v) is 7.34. The Labute approximate surface area is 130 Å². The van der Waals surface area contributed by atoms with Gasteiger partial charge in [-0.2, -0.15) is 0 Å². The van der Waals surface area contributed by atoms with E-state index in [0.29, 0.717) is 22.0 Å². The van der Waals surface area contributed by atoms with Crippen molar-refractivity contribution in [1.82, 2.24) is 4.57 Å². The number of alkyl halides is 1. The molecule has 2 aromatic carbocycles. The van der Waals surface area contributed by atoms with E-state index < -0.39 is 0 Å². The van der Waals surface area contributed by atoms with Gasteiger partial charge < -0.3 is 9.67 Å². The zero-order valence-electron chi connectivity index (χ0n) is 11.5. The predicted octanol–water partition coefficient (Wildman–Crippen LogP) is 1.90. The minimum Gasteiger partial charge on any atom is -0.505 e. The monoisotopic (exact) mass is 310 g/mol. The standard InChI is InChI=1S/C17H11ClN2O2/c18-9-20-13-8-4-2-6-11(13)16(21)15(20)14-10-5-1-3-7-12(10)19-17(14)22/h1-8,21H,9H2. The summed E-state index contributed by atoms with van der Waals surface area (Å²) in [6, 6.07) is 14.8. The minimum atomic E-state index is -0.356. The number of carbonyl (C=O) groups is 1. The van der Waals surface area contributed by atoms with Crippen molar-refractivity contribution in [3.05, 3.63) is 64.8 Å². The van der Waals surface area contributed by atoms with Crippen LogP contribution in [0.4, 0.5) is 0 Å². The molecule has 0 bridgehead atoms. The normalized spacial score (nSPS) is 13.5.